The fourth-order valence-corrected chi connectivity index (χ4v) is 0.762. The molecule has 0 bridgehead atoms. The van der Waals surface area contributed by atoms with Crippen LogP contribution in [0.4, 0.5) is 0 Å². The van der Waals surface area contributed by atoms with Gasteiger partial charge < -0.3 is 4.55 Å². The Balaban J connectivity index is 0.000001000. The molecule has 0 N–H and O–H groups in total. The van der Waals surface area contributed by atoms with Gasteiger partial charge in [0.1, 0.15) is 0 Å². The van der Waals surface area contributed by atoms with Gasteiger partial charge in [-0.15, -0.1) is 0 Å². The van der Waals surface area contributed by atoms with Crippen molar-refractivity contribution in [3.63, 3.8) is 0 Å². The molecule has 0 amide bonds. The number of halogens is 1. The van der Waals surface area contributed by atoms with Crippen molar-refractivity contribution in [3.8, 4) is 0 Å². The van der Waals surface area contributed by atoms with Crippen LogP contribution >= 0.6 is 11.6 Å². The van der Waals surface area contributed by atoms with E-state index < -0.39 is 11.1 Å². The second kappa shape index (κ2) is 5.18. The summed E-state index contributed by atoms with van der Waals surface area (Å²) in [7, 11) is 0. The summed E-state index contributed by atoms with van der Waals surface area (Å²) in [6, 6.07) is 0. The largest absolute Gasteiger partial charge is 1.00 e. The van der Waals surface area contributed by atoms with E-state index in [2.05, 4.69) is 9.97 Å². The maximum Gasteiger partial charge on any atom is 1.00 e. The van der Waals surface area contributed by atoms with E-state index in [1.54, 1.807) is 0 Å². The summed E-state index contributed by atoms with van der Waals surface area (Å²) >= 11 is 3.02. The quantitative estimate of drug-likeness (QED) is 0.283. The molecule has 0 aliphatic carbocycles. The molecule has 0 radical (unpaired) electrons. The summed E-state index contributed by atoms with van der Waals surface area (Å²) < 4.78 is 20.3. The molecule has 0 saturated heterocycles. The molecule has 1 aromatic heterocycles. The van der Waals surface area contributed by atoms with E-state index in [9.17, 15) is 8.76 Å². The zero-order valence-electron chi connectivity index (χ0n) is 5.65. The number of nitrogens with zero attached hydrogens (tertiary/aromatic N) is 2. The van der Waals surface area contributed by atoms with Gasteiger partial charge in [0.2, 0.25) is 5.16 Å². The molecule has 11 heavy (non-hydrogen) atoms. The van der Waals surface area contributed by atoms with Gasteiger partial charge in [-0.1, -0.05) is 11.6 Å². The van der Waals surface area contributed by atoms with Crippen molar-refractivity contribution in [2.45, 2.75) is 5.16 Å². The summed E-state index contributed by atoms with van der Waals surface area (Å²) in [4.78, 5) is 6.84. The molecule has 1 heterocycles. The first-order chi connectivity index (χ1) is 4.70. The second-order valence-corrected chi connectivity index (χ2v) is 2.69. The van der Waals surface area contributed by atoms with Crippen LogP contribution in [0.2, 0.25) is 5.02 Å². The molecule has 54 valence electrons. The van der Waals surface area contributed by atoms with Crippen LogP contribution in [-0.2, 0) is 11.1 Å². The maximum absolute atomic E-state index is 10.1. The molecule has 0 aliphatic heterocycles. The predicted molar refractivity (Wildman–Crippen MR) is 34.2 cm³/mol. The summed E-state index contributed by atoms with van der Waals surface area (Å²) in [6.45, 7) is 0. The maximum atomic E-state index is 10.1. The molecule has 0 saturated carbocycles. The topological polar surface area (TPSA) is 65.9 Å². The zero-order chi connectivity index (χ0) is 7.56. The average molecular weight is 201 g/mol. The first kappa shape index (κ1) is 11.5. The van der Waals surface area contributed by atoms with Gasteiger partial charge in [0.25, 0.3) is 0 Å². The summed E-state index contributed by atoms with van der Waals surface area (Å²) in [5.74, 6) is 0. The number of hydrogen-bond acceptors (Lipinski definition) is 4. The SMILES string of the molecule is O=S([O-])c1ncc(Cl)cn1.[Na+]. The smallest absolute Gasteiger partial charge is 0.766 e. The van der Waals surface area contributed by atoms with Crippen molar-refractivity contribution in [1.29, 1.82) is 0 Å². The van der Waals surface area contributed by atoms with E-state index >= 15 is 0 Å². The molecule has 0 fully saturated rings. The molecular formula is C4H2ClN2NaO2S. The van der Waals surface area contributed by atoms with Gasteiger partial charge >= 0.3 is 29.6 Å². The van der Waals surface area contributed by atoms with Crippen molar-refractivity contribution in [3.05, 3.63) is 17.4 Å². The standard InChI is InChI=1S/C4H3ClN2O2S.Na/c5-3-1-6-4(7-2-3)10(8)9;/h1-2H,(H,8,9);/q;+1/p-1. The van der Waals surface area contributed by atoms with Gasteiger partial charge in [-0.3, -0.25) is 4.21 Å². The third-order valence-corrected chi connectivity index (χ3v) is 1.45. The molecule has 1 unspecified atom stereocenters. The van der Waals surface area contributed by atoms with E-state index in [1.165, 1.54) is 12.4 Å². The minimum absolute atomic E-state index is 0. The first-order valence-electron chi connectivity index (χ1n) is 2.27. The monoisotopic (exact) mass is 200 g/mol. The van der Waals surface area contributed by atoms with Crippen LogP contribution in [0.15, 0.2) is 17.6 Å². The van der Waals surface area contributed by atoms with E-state index in [4.69, 9.17) is 11.6 Å². The van der Waals surface area contributed by atoms with Crippen molar-refractivity contribution >= 4 is 22.7 Å². The molecule has 4 nitrogen and oxygen atoms in total. The van der Waals surface area contributed by atoms with E-state index in [0.29, 0.717) is 5.02 Å². The Bertz CT molecular complexity index is 255. The number of rotatable bonds is 1. The Labute approximate surface area is 93.0 Å². The van der Waals surface area contributed by atoms with E-state index in [-0.39, 0.29) is 34.7 Å². The predicted octanol–water partition coefficient (Wildman–Crippen LogP) is -2.63. The minimum Gasteiger partial charge on any atom is -0.766 e. The van der Waals surface area contributed by atoms with Crippen LogP contribution in [0.5, 0.6) is 0 Å². The molecule has 0 spiro atoms. The fraction of sp³-hybridized carbons (Fsp3) is 0. The van der Waals surface area contributed by atoms with Crippen LogP contribution in [-0.4, -0.2) is 18.7 Å². The number of hydrogen-bond donors (Lipinski definition) is 0. The minimum atomic E-state index is -2.37. The van der Waals surface area contributed by atoms with Crippen molar-refractivity contribution in [2.75, 3.05) is 0 Å². The third kappa shape index (κ3) is 3.59. The Hall–Kier alpha value is 0.480. The zero-order valence-corrected chi connectivity index (χ0v) is 9.22. The Morgan fingerprint density at radius 2 is 1.91 bits per heavy atom. The Kier molecular flexibility index (Phi) is 5.41. The van der Waals surface area contributed by atoms with Gasteiger partial charge in [-0.05, 0) is 0 Å². The fourth-order valence-electron chi connectivity index (χ4n) is 0.387. The molecule has 1 rings (SSSR count). The van der Waals surface area contributed by atoms with Crippen LogP contribution in [0.3, 0.4) is 0 Å². The Morgan fingerprint density at radius 1 is 1.45 bits per heavy atom. The van der Waals surface area contributed by atoms with Gasteiger partial charge in [0.05, 0.1) is 17.4 Å². The first-order valence-corrected chi connectivity index (χ1v) is 3.72. The Morgan fingerprint density at radius 3 is 2.27 bits per heavy atom. The summed E-state index contributed by atoms with van der Waals surface area (Å²) in [5, 5.41) is 0.0681. The normalized spacial score (nSPS) is 11.8. The van der Waals surface area contributed by atoms with Gasteiger partial charge in [0.15, 0.2) is 0 Å². The van der Waals surface area contributed by atoms with Crippen molar-refractivity contribution < 1.29 is 38.3 Å². The summed E-state index contributed by atoms with van der Waals surface area (Å²) in [6.07, 6.45) is 2.44. The third-order valence-electron chi connectivity index (χ3n) is 0.746. The van der Waals surface area contributed by atoms with Crippen molar-refractivity contribution in [2.24, 2.45) is 0 Å². The van der Waals surface area contributed by atoms with E-state index in [0.717, 1.165) is 0 Å². The average Bonchev–Trinajstić information content (AvgIpc) is 1.88. The van der Waals surface area contributed by atoms with Crippen LogP contribution in [0.25, 0.3) is 0 Å². The molecule has 1 aromatic rings. The van der Waals surface area contributed by atoms with E-state index in [1.807, 2.05) is 0 Å². The molecule has 7 heteroatoms. The van der Waals surface area contributed by atoms with Gasteiger partial charge in [-0.25, -0.2) is 9.97 Å². The van der Waals surface area contributed by atoms with Gasteiger partial charge in [0, 0.05) is 11.1 Å². The van der Waals surface area contributed by atoms with Crippen LogP contribution in [0, 0.1) is 0 Å². The van der Waals surface area contributed by atoms with Crippen molar-refractivity contribution in [1.82, 2.24) is 9.97 Å². The summed E-state index contributed by atoms with van der Waals surface area (Å²) in [5.41, 5.74) is 0. The number of aromatic nitrogens is 2. The van der Waals surface area contributed by atoms with Gasteiger partial charge in [-0.2, -0.15) is 0 Å². The molecule has 0 aliphatic rings. The van der Waals surface area contributed by atoms with Crippen LogP contribution < -0.4 is 29.6 Å². The molecular weight excluding hydrogens is 199 g/mol. The molecule has 0 aromatic carbocycles. The van der Waals surface area contributed by atoms with Crippen LogP contribution in [0.1, 0.15) is 0 Å². The second-order valence-electron chi connectivity index (χ2n) is 1.42. The molecule has 1 atom stereocenters.